The summed E-state index contributed by atoms with van der Waals surface area (Å²) in [6.07, 6.45) is -1.26. The second-order valence-electron chi connectivity index (χ2n) is 3.68. The molecule has 1 aliphatic rings. The van der Waals surface area contributed by atoms with Crippen LogP contribution in [-0.2, 0) is 9.53 Å². The van der Waals surface area contributed by atoms with Crippen LogP contribution < -0.4 is 0 Å². The van der Waals surface area contributed by atoms with E-state index in [0.29, 0.717) is 5.57 Å². The molecular weight excluding hydrogens is 184 g/mol. The van der Waals surface area contributed by atoms with Crippen molar-refractivity contribution < 1.29 is 19.7 Å². The smallest absolute Gasteiger partial charge is 0.339 e. The third-order valence-electron chi connectivity index (χ3n) is 2.71. The van der Waals surface area contributed by atoms with E-state index in [1.165, 1.54) is 0 Å². The first-order valence-corrected chi connectivity index (χ1v) is 4.76. The number of hydrogen-bond donors (Lipinski definition) is 2. The van der Waals surface area contributed by atoms with Gasteiger partial charge in [0, 0.05) is 5.57 Å². The average molecular weight is 200 g/mol. The molecule has 1 unspecified atom stereocenters. The Bertz CT molecular complexity index is 269. The molecule has 4 nitrogen and oxygen atoms in total. The zero-order valence-corrected chi connectivity index (χ0v) is 8.65. The van der Waals surface area contributed by atoms with E-state index < -0.39 is 18.4 Å². The van der Waals surface area contributed by atoms with Crippen LogP contribution in [0.4, 0.5) is 0 Å². The van der Waals surface area contributed by atoms with Gasteiger partial charge in [-0.25, -0.2) is 4.79 Å². The maximum Gasteiger partial charge on any atom is 0.339 e. The van der Waals surface area contributed by atoms with Crippen LogP contribution in [0.2, 0.25) is 0 Å². The predicted molar refractivity (Wildman–Crippen MR) is 50.3 cm³/mol. The van der Waals surface area contributed by atoms with Gasteiger partial charge in [0.15, 0.2) is 0 Å². The molecule has 0 aromatic heterocycles. The highest BCUT2D eigenvalue weighted by Gasteiger charge is 2.35. The van der Waals surface area contributed by atoms with Gasteiger partial charge in [0.1, 0.15) is 0 Å². The minimum atomic E-state index is -1.18. The summed E-state index contributed by atoms with van der Waals surface area (Å²) in [6.45, 7) is 5.37. The predicted octanol–water partition coefficient (Wildman–Crippen LogP) is 0.585. The Morgan fingerprint density at radius 1 is 1.57 bits per heavy atom. The topological polar surface area (TPSA) is 66.8 Å². The summed E-state index contributed by atoms with van der Waals surface area (Å²) in [4.78, 5) is 11.3. The summed E-state index contributed by atoms with van der Waals surface area (Å²) in [7, 11) is 0. The number of rotatable bonds is 3. The van der Waals surface area contributed by atoms with Crippen molar-refractivity contribution in [2.24, 2.45) is 5.92 Å². The fraction of sp³-hybridized carbons (Fsp3) is 0.700. The van der Waals surface area contributed by atoms with E-state index in [4.69, 9.17) is 0 Å². The molecule has 0 bridgehead atoms. The van der Waals surface area contributed by atoms with Crippen LogP contribution in [0.25, 0.3) is 0 Å². The van der Waals surface area contributed by atoms with Gasteiger partial charge < -0.3 is 14.9 Å². The van der Waals surface area contributed by atoms with E-state index in [1.54, 1.807) is 6.92 Å². The zero-order valence-electron chi connectivity index (χ0n) is 8.65. The molecule has 0 saturated heterocycles. The third kappa shape index (κ3) is 1.81. The van der Waals surface area contributed by atoms with Gasteiger partial charge in [-0.2, -0.15) is 0 Å². The summed E-state index contributed by atoms with van der Waals surface area (Å²) in [6, 6.07) is 0. The van der Waals surface area contributed by atoms with Gasteiger partial charge in [-0.15, -0.1) is 0 Å². The Morgan fingerprint density at radius 3 is 2.50 bits per heavy atom. The van der Waals surface area contributed by atoms with Crippen LogP contribution in [0.1, 0.15) is 27.2 Å². The molecule has 0 aromatic carbocycles. The van der Waals surface area contributed by atoms with Gasteiger partial charge in [-0.05, 0) is 12.8 Å². The van der Waals surface area contributed by atoms with E-state index in [2.05, 4.69) is 4.74 Å². The van der Waals surface area contributed by atoms with Gasteiger partial charge >= 0.3 is 5.97 Å². The normalized spacial score (nSPS) is 26.4. The third-order valence-corrected chi connectivity index (χ3v) is 2.71. The monoisotopic (exact) mass is 200 g/mol. The molecule has 80 valence electrons. The Morgan fingerprint density at radius 2 is 2.14 bits per heavy atom. The lowest BCUT2D eigenvalue weighted by atomic mass is 9.93. The number of hydrogen-bond acceptors (Lipinski definition) is 4. The van der Waals surface area contributed by atoms with E-state index in [9.17, 15) is 15.0 Å². The molecule has 0 aromatic rings. The number of aliphatic hydroxyl groups is 2. The summed E-state index contributed by atoms with van der Waals surface area (Å²) >= 11 is 0. The van der Waals surface area contributed by atoms with Crippen molar-refractivity contribution in [1.82, 2.24) is 0 Å². The molecule has 0 radical (unpaired) electrons. The molecule has 0 aliphatic carbocycles. The summed E-state index contributed by atoms with van der Waals surface area (Å²) in [5.74, 6) is -0.624. The lowest BCUT2D eigenvalue weighted by molar-refractivity contribution is -0.152. The number of carbonyl (C=O) groups excluding carboxylic acids is 1. The minimum Gasteiger partial charge on any atom is -0.428 e. The van der Waals surface area contributed by atoms with Crippen LogP contribution >= 0.6 is 0 Å². The lowest BCUT2D eigenvalue weighted by Crippen LogP contribution is -2.23. The van der Waals surface area contributed by atoms with Gasteiger partial charge in [0.2, 0.25) is 6.29 Å². The molecular formula is C10H16O4. The molecule has 1 heterocycles. The van der Waals surface area contributed by atoms with Crippen molar-refractivity contribution in [3.05, 3.63) is 11.1 Å². The second-order valence-corrected chi connectivity index (χ2v) is 3.68. The number of esters is 1. The maximum absolute atomic E-state index is 11.3. The fourth-order valence-electron chi connectivity index (χ4n) is 1.41. The summed E-state index contributed by atoms with van der Waals surface area (Å²) in [5, 5.41) is 19.0. The van der Waals surface area contributed by atoms with E-state index in [0.717, 1.165) is 6.42 Å². The highest BCUT2D eigenvalue weighted by atomic mass is 16.6. The van der Waals surface area contributed by atoms with E-state index in [1.807, 2.05) is 13.8 Å². The number of ether oxygens (including phenoxy) is 1. The molecule has 14 heavy (non-hydrogen) atoms. The Hall–Kier alpha value is -0.870. The average Bonchev–Trinajstić information content (AvgIpc) is 2.39. The SMILES string of the molecule is CC[C@H](C)[C@H](O)C1=C(C)C(O)OC1=O. The quantitative estimate of drug-likeness (QED) is 0.654. The van der Waals surface area contributed by atoms with Crippen LogP contribution in [0, 0.1) is 5.92 Å². The van der Waals surface area contributed by atoms with Crippen LogP contribution in [0.15, 0.2) is 11.1 Å². The first-order valence-electron chi connectivity index (χ1n) is 4.76. The van der Waals surface area contributed by atoms with Gasteiger partial charge in [0.25, 0.3) is 0 Å². The standard InChI is InChI=1S/C10H16O4/c1-4-5(2)8(11)7-6(3)9(12)14-10(7)13/h5,8-9,11-12H,4H2,1-3H3/t5-,8-,9?/m0/s1. The second kappa shape index (κ2) is 4.11. The van der Waals surface area contributed by atoms with Crippen molar-refractivity contribution in [2.45, 2.75) is 39.6 Å². The molecule has 1 rings (SSSR count). The number of aliphatic hydroxyl groups excluding tert-OH is 2. The van der Waals surface area contributed by atoms with E-state index in [-0.39, 0.29) is 11.5 Å². The minimum absolute atomic E-state index is 0.0159. The largest absolute Gasteiger partial charge is 0.428 e. The Kier molecular flexibility index (Phi) is 3.29. The Balaban J connectivity index is 2.90. The molecule has 0 amide bonds. The molecule has 0 spiro atoms. The molecule has 0 saturated carbocycles. The Labute approximate surface area is 83.2 Å². The van der Waals surface area contributed by atoms with Crippen molar-refractivity contribution in [3.8, 4) is 0 Å². The highest BCUT2D eigenvalue weighted by molar-refractivity contribution is 5.93. The van der Waals surface area contributed by atoms with Crippen molar-refractivity contribution in [1.29, 1.82) is 0 Å². The summed E-state index contributed by atoms with van der Waals surface area (Å²) < 4.78 is 4.58. The molecule has 3 atom stereocenters. The number of cyclic esters (lactones) is 1. The molecule has 0 fully saturated rings. The van der Waals surface area contributed by atoms with Crippen LogP contribution in [-0.4, -0.2) is 28.6 Å². The summed E-state index contributed by atoms with van der Waals surface area (Å²) in [5.41, 5.74) is 0.634. The first kappa shape index (κ1) is 11.2. The van der Waals surface area contributed by atoms with Crippen molar-refractivity contribution in [3.63, 3.8) is 0 Å². The van der Waals surface area contributed by atoms with Gasteiger partial charge in [-0.3, -0.25) is 0 Å². The van der Waals surface area contributed by atoms with Gasteiger partial charge in [-0.1, -0.05) is 20.3 Å². The van der Waals surface area contributed by atoms with Crippen molar-refractivity contribution in [2.75, 3.05) is 0 Å². The molecule has 1 aliphatic heterocycles. The van der Waals surface area contributed by atoms with Crippen LogP contribution in [0.5, 0.6) is 0 Å². The number of carbonyl (C=O) groups is 1. The lowest BCUT2D eigenvalue weighted by Gasteiger charge is -2.16. The molecule has 4 heteroatoms. The molecule has 2 N–H and O–H groups in total. The fourth-order valence-corrected chi connectivity index (χ4v) is 1.41. The van der Waals surface area contributed by atoms with Crippen LogP contribution in [0.3, 0.4) is 0 Å². The highest BCUT2D eigenvalue weighted by Crippen LogP contribution is 2.27. The van der Waals surface area contributed by atoms with E-state index >= 15 is 0 Å². The van der Waals surface area contributed by atoms with Crippen molar-refractivity contribution >= 4 is 5.97 Å². The maximum atomic E-state index is 11.3. The first-order chi connectivity index (χ1) is 6.49. The zero-order chi connectivity index (χ0) is 10.9. The van der Waals surface area contributed by atoms with Gasteiger partial charge in [0.05, 0.1) is 11.7 Å².